The summed E-state index contributed by atoms with van der Waals surface area (Å²) < 4.78 is 0. The molecule has 0 spiro atoms. The van der Waals surface area contributed by atoms with E-state index in [1.807, 2.05) is 13.0 Å². The van der Waals surface area contributed by atoms with Crippen molar-refractivity contribution in [2.45, 2.75) is 25.8 Å². The third kappa shape index (κ3) is 2.87. The molecule has 2 aromatic rings. The highest BCUT2D eigenvalue weighted by atomic mass is 32.1. The molecule has 1 aromatic carbocycles. The quantitative estimate of drug-likeness (QED) is 0.882. The van der Waals surface area contributed by atoms with E-state index in [0.717, 1.165) is 22.9 Å². The van der Waals surface area contributed by atoms with Crippen LogP contribution in [0.1, 0.15) is 28.5 Å². The van der Waals surface area contributed by atoms with Crippen molar-refractivity contribution in [2.24, 2.45) is 5.73 Å². The van der Waals surface area contributed by atoms with Crippen LogP contribution in [0.4, 0.5) is 0 Å². The van der Waals surface area contributed by atoms with Crippen LogP contribution >= 0.6 is 11.3 Å². The molecule has 0 fully saturated rings. The Bertz CT molecular complexity index is 437. The average molecular weight is 233 g/mol. The lowest BCUT2D eigenvalue weighted by Gasteiger charge is -1.97. The topological polar surface area (TPSA) is 51.8 Å². The van der Waals surface area contributed by atoms with E-state index in [0.29, 0.717) is 0 Å². The van der Waals surface area contributed by atoms with Crippen molar-refractivity contribution < 1.29 is 0 Å². The summed E-state index contributed by atoms with van der Waals surface area (Å²) in [6.07, 6.45) is 1.95. The highest BCUT2D eigenvalue weighted by Gasteiger charge is 2.07. The number of aryl methyl sites for hydroxylation is 2. The Hall–Kier alpha value is -1.26. The Labute approximate surface area is 99.3 Å². The second kappa shape index (κ2) is 5.18. The number of hydrogen-bond acceptors (Lipinski definition) is 4. The first-order valence-corrected chi connectivity index (χ1v) is 6.19. The summed E-state index contributed by atoms with van der Waals surface area (Å²) in [4.78, 5) is 0. The van der Waals surface area contributed by atoms with Gasteiger partial charge in [-0.3, -0.25) is 0 Å². The molecule has 0 aliphatic heterocycles. The Kier molecular flexibility index (Phi) is 3.64. The molecular weight excluding hydrogens is 218 g/mol. The zero-order chi connectivity index (χ0) is 11.4. The average Bonchev–Trinajstić information content (AvgIpc) is 2.76. The van der Waals surface area contributed by atoms with Crippen molar-refractivity contribution in [3.05, 3.63) is 45.9 Å². The highest BCUT2D eigenvalue weighted by Crippen LogP contribution is 2.17. The summed E-state index contributed by atoms with van der Waals surface area (Å²) in [7, 11) is 0. The predicted octanol–water partition coefficient (Wildman–Crippen LogP) is 2.34. The molecule has 0 saturated carbocycles. The third-order valence-corrected chi connectivity index (χ3v) is 3.53. The van der Waals surface area contributed by atoms with E-state index in [4.69, 9.17) is 5.73 Å². The van der Waals surface area contributed by atoms with Gasteiger partial charge in [0.05, 0.1) is 6.04 Å². The van der Waals surface area contributed by atoms with Gasteiger partial charge in [-0.2, -0.15) is 0 Å². The molecule has 0 amide bonds. The van der Waals surface area contributed by atoms with Crippen molar-refractivity contribution in [1.82, 2.24) is 10.2 Å². The maximum Gasteiger partial charge on any atom is 0.133 e. The van der Waals surface area contributed by atoms with E-state index in [-0.39, 0.29) is 6.04 Å². The minimum absolute atomic E-state index is 0.0111. The third-order valence-electron chi connectivity index (χ3n) is 2.34. The maximum atomic E-state index is 5.74. The minimum Gasteiger partial charge on any atom is -0.322 e. The summed E-state index contributed by atoms with van der Waals surface area (Å²) in [6.45, 7) is 1.93. The van der Waals surface area contributed by atoms with Crippen LogP contribution in [0.15, 0.2) is 30.3 Å². The molecule has 4 heteroatoms. The molecule has 0 bridgehead atoms. The summed E-state index contributed by atoms with van der Waals surface area (Å²) >= 11 is 1.61. The first-order chi connectivity index (χ1) is 7.75. The first kappa shape index (κ1) is 11.2. The highest BCUT2D eigenvalue weighted by molar-refractivity contribution is 7.11. The lowest BCUT2D eigenvalue weighted by Crippen LogP contribution is -2.03. The summed E-state index contributed by atoms with van der Waals surface area (Å²) in [5, 5.41) is 10.2. The number of nitrogens with zero attached hydrogens (tertiary/aromatic N) is 2. The second-order valence-corrected chi connectivity index (χ2v) is 4.90. The molecule has 1 atom stereocenters. The van der Waals surface area contributed by atoms with Crippen molar-refractivity contribution in [1.29, 1.82) is 0 Å². The molecular formula is C12H15N3S. The van der Waals surface area contributed by atoms with Gasteiger partial charge in [-0.05, 0) is 18.9 Å². The van der Waals surface area contributed by atoms with Crippen LogP contribution < -0.4 is 5.73 Å². The van der Waals surface area contributed by atoms with Crippen molar-refractivity contribution in [3.8, 4) is 0 Å². The fourth-order valence-corrected chi connectivity index (χ4v) is 2.24. The number of nitrogens with two attached hydrogens (primary N) is 1. The van der Waals surface area contributed by atoms with E-state index < -0.39 is 0 Å². The van der Waals surface area contributed by atoms with Crippen LogP contribution in [-0.4, -0.2) is 10.2 Å². The normalized spacial score (nSPS) is 12.6. The van der Waals surface area contributed by atoms with Gasteiger partial charge in [0.2, 0.25) is 0 Å². The van der Waals surface area contributed by atoms with E-state index in [1.54, 1.807) is 11.3 Å². The molecule has 0 aliphatic carbocycles. The van der Waals surface area contributed by atoms with Gasteiger partial charge in [-0.25, -0.2) is 0 Å². The molecule has 0 aliphatic rings. The number of rotatable bonds is 4. The van der Waals surface area contributed by atoms with Gasteiger partial charge in [0, 0.05) is 6.42 Å². The maximum absolute atomic E-state index is 5.74. The standard InChI is InChI=1S/C12H15N3S/c1-9(13)12-15-14-11(16-12)8-7-10-5-3-2-4-6-10/h2-6,9H,7-8,13H2,1H3. The largest absolute Gasteiger partial charge is 0.322 e. The molecule has 3 nitrogen and oxygen atoms in total. The van der Waals surface area contributed by atoms with Crippen LogP contribution in [0, 0.1) is 0 Å². The van der Waals surface area contributed by atoms with Crippen molar-refractivity contribution >= 4 is 11.3 Å². The molecule has 0 saturated heterocycles. The molecule has 2 rings (SSSR count). The second-order valence-electron chi connectivity index (χ2n) is 3.81. The summed E-state index contributed by atoms with van der Waals surface area (Å²) in [5.74, 6) is 0. The van der Waals surface area contributed by atoms with E-state index in [2.05, 4.69) is 34.5 Å². The van der Waals surface area contributed by atoms with Gasteiger partial charge in [-0.1, -0.05) is 41.7 Å². The van der Waals surface area contributed by atoms with Gasteiger partial charge < -0.3 is 5.73 Å². The Morgan fingerprint density at radius 2 is 1.94 bits per heavy atom. The Balaban J connectivity index is 1.95. The number of benzene rings is 1. The Morgan fingerprint density at radius 3 is 2.56 bits per heavy atom. The van der Waals surface area contributed by atoms with Crippen LogP contribution in [0.5, 0.6) is 0 Å². The molecule has 2 N–H and O–H groups in total. The molecule has 1 heterocycles. The fraction of sp³-hybridized carbons (Fsp3) is 0.333. The van der Waals surface area contributed by atoms with Crippen LogP contribution in [-0.2, 0) is 12.8 Å². The SMILES string of the molecule is CC(N)c1nnc(CCc2ccccc2)s1. The van der Waals surface area contributed by atoms with Gasteiger partial charge in [0.25, 0.3) is 0 Å². The van der Waals surface area contributed by atoms with E-state index >= 15 is 0 Å². The molecule has 1 unspecified atom stereocenters. The van der Waals surface area contributed by atoms with Crippen molar-refractivity contribution in [2.75, 3.05) is 0 Å². The lowest BCUT2D eigenvalue weighted by molar-refractivity contribution is 0.779. The van der Waals surface area contributed by atoms with Gasteiger partial charge in [0.15, 0.2) is 0 Å². The minimum atomic E-state index is -0.0111. The van der Waals surface area contributed by atoms with E-state index in [1.165, 1.54) is 5.56 Å². The zero-order valence-electron chi connectivity index (χ0n) is 9.26. The monoisotopic (exact) mass is 233 g/mol. The summed E-state index contributed by atoms with van der Waals surface area (Å²) in [6, 6.07) is 10.4. The van der Waals surface area contributed by atoms with Crippen LogP contribution in [0.2, 0.25) is 0 Å². The van der Waals surface area contributed by atoms with Gasteiger partial charge in [-0.15, -0.1) is 10.2 Å². The fourth-order valence-electron chi connectivity index (χ4n) is 1.45. The smallest absolute Gasteiger partial charge is 0.133 e. The zero-order valence-corrected chi connectivity index (χ0v) is 10.1. The van der Waals surface area contributed by atoms with E-state index in [9.17, 15) is 0 Å². The molecule has 84 valence electrons. The van der Waals surface area contributed by atoms with Crippen LogP contribution in [0.25, 0.3) is 0 Å². The van der Waals surface area contributed by atoms with Crippen molar-refractivity contribution in [3.63, 3.8) is 0 Å². The molecule has 0 radical (unpaired) electrons. The lowest BCUT2D eigenvalue weighted by atomic mass is 10.1. The molecule has 1 aromatic heterocycles. The Morgan fingerprint density at radius 1 is 1.19 bits per heavy atom. The van der Waals surface area contributed by atoms with Gasteiger partial charge >= 0.3 is 0 Å². The summed E-state index contributed by atoms with van der Waals surface area (Å²) in [5.41, 5.74) is 7.08. The predicted molar refractivity (Wildman–Crippen MR) is 66.4 cm³/mol. The molecule has 16 heavy (non-hydrogen) atoms. The van der Waals surface area contributed by atoms with Crippen LogP contribution in [0.3, 0.4) is 0 Å². The van der Waals surface area contributed by atoms with Gasteiger partial charge in [0.1, 0.15) is 10.0 Å². The first-order valence-electron chi connectivity index (χ1n) is 5.37. The number of aromatic nitrogens is 2. The number of hydrogen-bond donors (Lipinski definition) is 1.